The average Bonchev–Trinajstić information content (AvgIpc) is 2.64. The minimum atomic E-state index is 0.357. The quantitative estimate of drug-likeness (QED) is 0.930. The summed E-state index contributed by atoms with van der Waals surface area (Å²) in [7, 11) is 4.25. The van der Waals surface area contributed by atoms with Crippen LogP contribution in [-0.2, 0) is 12.8 Å². The third-order valence-corrected chi connectivity index (χ3v) is 4.47. The van der Waals surface area contributed by atoms with Gasteiger partial charge in [-0.1, -0.05) is 25.1 Å². The zero-order valence-corrected chi connectivity index (χ0v) is 14.3. The van der Waals surface area contributed by atoms with E-state index in [1.54, 1.807) is 6.07 Å². The van der Waals surface area contributed by atoms with Crippen LogP contribution in [0.2, 0.25) is 0 Å². The molecule has 0 saturated carbocycles. The van der Waals surface area contributed by atoms with Gasteiger partial charge < -0.3 is 14.9 Å². The average molecular weight is 310 g/mol. The van der Waals surface area contributed by atoms with Gasteiger partial charge in [-0.2, -0.15) is 0 Å². The minimum absolute atomic E-state index is 0.357. The Kier molecular flexibility index (Phi) is 4.58. The topological polar surface area (TPSA) is 26.7 Å². The normalized spacial score (nSPS) is 15.0. The zero-order valence-electron chi connectivity index (χ0n) is 14.3. The van der Waals surface area contributed by atoms with Crippen LogP contribution < -0.4 is 4.90 Å². The van der Waals surface area contributed by atoms with Crippen LogP contribution in [0.15, 0.2) is 42.5 Å². The van der Waals surface area contributed by atoms with E-state index >= 15 is 0 Å². The third-order valence-electron chi connectivity index (χ3n) is 4.47. The van der Waals surface area contributed by atoms with E-state index in [4.69, 9.17) is 0 Å². The lowest BCUT2D eigenvalue weighted by Crippen LogP contribution is -2.30. The maximum absolute atomic E-state index is 9.86. The number of phenolic OH excluding ortho intramolecular Hbond substituents is 1. The summed E-state index contributed by atoms with van der Waals surface area (Å²) in [6, 6.07) is 14.5. The van der Waals surface area contributed by atoms with Crippen molar-refractivity contribution in [2.45, 2.75) is 19.8 Å². The summed E-state index contributed by atoms with van der Waals surface area (Å²) >= 11 is 0. The van der Waals surface area contributed by atoms with E-state index in [0.29, 0.717) is 11.7 Å². The zero-order chi connectivity index (χ0) is 16.4. The van der Waals surface area contributed by atoms with Crippen molar-refractivity contribution in [1.29, 1.82) is 0 Å². The van der Waals surface area contributed by atoms with Crippen molar-refractivity contribution in [2.75, 3.05) is 32.1 Å². The fraction of sp³-hybridized carbons (Fsp3) is 0.400. The molecule has 0 saturated heterocycles. The van der Waals surface area contributed by atoms with Crippen LogP contribution in [0, 0.1) is 5.92 Å². The smallest absolute Gasteiger partial charge is 0.116 e. The lowest BCUT2D eigenvalue weighted by Gasteiger charge is -2.30. The van der Waals surface area contributed by atoms with E-state index in [9.17, 15) is 5.11 Å². The summed E-state index contributed by atoms with van der Waals surface area (Å²) in [6.07, 6.45) is 1.99. The lowest BCUT2D eigenvalue weighted by atomic mass is 10.0. The molecule has 0 aliphatic carbocycles. The number of fused-ring (bicyclic) bond motifs is 2. The van der Waals surface area contributed by atoms with Gasteiger partial charge in [0.15, 0.2) is 0 Å². The second kappa shape index (κ2) is 6.63. The molecular weight excluding hydrogens is 284 g/mol. The molecule has 1 unspecified atom stereocenters. The first-order chi connectivity index (χ1) is 11.0. The highest BCUT2D eigenvalue weighted by Crippen LogP contribution is 2.37. The predicted molar refractivity (Wildman–Crippen MR) is 96.7 cm³/mol. The molecule has 3 nitrogen and oxygen atoms in total. The molecule has 1 atom stereocenters. The van der Waals surface area contributed by atoms with E-state index in [-0.39, 0.29) is 0 Å². The monoisotopic (exact) mass is 310 g/mol. The number of aromatic hydroxyl groups is 1. The first-order valence-corrected chi connectivity index (χ1v) is 8.36. The molecule has 1 N–H and O–H groups in total. The SMILES string of the molecule is CC(CN(C)C)CN1c2ccccc2CCc2cc(O)ccc21. The van der Waals surface area contributed by atoms with Crippen LogP contribution in [0.25, 0.3) is 0 Å². The molecular formula is C20H26N2O. The van der Waals surface area contributed by atoms with Gasteiger partial charge in [-0.25, -0.2) is 0 Å². The van der Waals surface area contributed by atoms with Crippen molar-refractivity contribution in [1.82, 2.24) is 4.90 Å². The Balaban J connectivity index is 2.01. The van der Waals surface area contributed by atoms with Gasteiger partial charge in [0.05, 0.1) is 0 Å². The number of anilines is 2. The van der Waals surface area contributed by atoms with Crippen molar-refractivity contribution in [3.63, 3.8) is 0 Å². The highest BCUT2D eigenvalue weighted by Gasteiger charge is 2.22. The molecule has 23 heavy (non-hydrogen) atoms. The Labute approximate surface area is 139 Å². The van der Waals surface area contributed by atoms with Crippen molar-refractivity contribution >= 4 is 11.4 Å². The number of aryl methyl sites for hydroxylation is 2. The number of rotatable bonds is 4. The molecule has 1 aliphatic heterocycles. The number of para-hydroxylation sites is 1. The molecule has 3 heteroatoms. The molecule has 0 spiro atoms. The maximum Gasteiger partial charge on any atom is 0.116 e. The molecule has 122 valence electrons. The highest BCUT2D eigenvalue weighted by atomic mass is 16.3. The van der Waals surface area contributed by atoms with Crippen LogP contribution in [0.1, 0.15) is 18.1 Å². The van der Waals surface area contributed by atoms with Gasteiger partial charge in [0, 0.05) is 24.5 Å². The van der Waals surface area contributed by atoms with E-state index in [2.05, 4.69) is 61.2 Å². The highest BCUT2D eigenvalue weighted by molar-refractivity contribution is 5.71. The van der Waals surface area contributed by atoms with Crippen molar-refractivity contribution in [3.8, 4) is 5.75 Å². The van der Waals surface area contributed by atoms with Crippen LogP contribution in [0.5, 0.6) is 5.75 Å². The Bertz CT molecular complexity index is 681. The van der Waals surface area contributed by atoms with E-state index in [1.807, 2.05) is 6.07 Å². The number of benzene rings is 2. The molecule has 1 heterocycles. The first-order valence-electron chi connectivity index (χ1n) is 8.36. The molecule has 0 fully saturated rings. The molecule has 1 aliphatic rings. The summed E-state index contributed by atoms with van der Waals surface area (Å²) in [5, 5.41) is 9.86. The van der Waals surface area contributed by atoms with Gasteiger partial charge >= 0.3 is 0 Å². The van der Waals surface area contributed by atoms with Gasteiger partial charge in [0.2, 0.25) is 0 Å². The summed E-state index contributed by atoms with van der Waals surface area (Å²) in [6.45, 7) is 4.34. The van der Waals surface area contributed by atoms with Gasteiger partial charge in [0.25, 0.3) is 0 Å². The Morgan fingerprint density at radius 3 is 2.52 bits per heavy atom. The van der Waals surface area contributed by atoms with Crippen LogP contribution >= 0.6 is 0 Å². The molecule has 0 bridgehead atoms. The summed E-state index contributed by atoms with van der Waals surface area (Å²) in [4.78, 5) is 4.68. The summed E-state index contributed by atoms with van der Waals surface area (Å²) in [5.74, 6) is 0.911. The molecule has 0 radical (unpaired) electrons. The number of hydrogen-bond donors (Lipinski definition) is 1. The number of nitrogens with zero attached hydrogens (tertiary/aromatic N) is 2. The van der Waals surface area contributed by atoms with E-state index in [0.717, 1.165) is 25.9 Å². The van der Waals surface area contributed by atoms with Gasteiger partial charge in [-0.05, 0) is 68.2 Å². The van der Waals surface area contributed by atoms with Gasteiger partial charge in [-0.15, -0.1) is 0 Å². The van der Waals surface area contributed by atoms with Crippen molar-refractivity contribution in [3.05, 3.63) is 53.6 Å². The second-order valence-electron chi connectivity index (χ2n) is 6.92. The van der Waals surface area contributed by atoms with Crippen molar-refractivity contribution < 1.29 is 5.11 Å². The van der Waals surface area contributed by atoms with E-state index < -0.39 is 0 Å². The Morgan fingerprint density at radius 2 is 1.74 bits per heavy atom. The van der Waals surface area contributed by atoms with Crippen LogP contribution in [0.3, 0.4) is 0 Å². The molecule has 0 amide bonds. The number of phenols is 1. The summed E-state index contributed by atoms with van der Waals surface area (Å²) in [5.41, 5.74) is 5.17. The third kappa shape index (κ3) is 3.50. The predicted octanol–water partition coefficient (Wildman–Crippen LogP) is 3.83. The van der Waals surface area contributed by atoms with Crippen molar-refractivity contribution in [2.24, 2.45) is 5.92 Å². The van der Waals surface area contributed by atoms with Crippen LogP contribution in [0.4, 0.5) is 11.4 Å². The Morgan fingerprint density at radius 1 is 1.04 bits per heavy atom. The number of hydrogen-bond acceptors (Lipinski definition) is 3. The molecule has 2 aromatic rings. The Hall–Kier alpha value is -2.00. The fourth-order valence-electron chi connectivity index (χ4n) is 3.61. The van der Waals surface area contributed by atoms with Gasteiger partial charge in [0.1, 0.15) is 5.75 Å². The molecule has 0 aromatic heterocycles. The second-order valence-corrected chi connectivity index (χ2v) is 6.92. The van der Waals surface area contributed by atoms with E-state index in [1.165, 1.54) is 22.5 Å². The first kappa shape index (κ1) is 15.9. The fourth-order valence-corrected chi connectivity index (χ4v) is 3.61. The standard InChI is InChI=1S/C20H26N2O/c1-15(13-21(2)3)14-22-19-7-5-4-6-16(19)8-9-17-12-18(23)10-11-20(17)22/h4-7,10-12,15,23H,8-9,13-14H2,1-3H3. The molecule has 3 rings (SSSR count). The van der Waals surface area contributed by atoms with Crippen LogP contribution in [-0.4, -0.2) is 37.2 Å². The minimum Gasteiger partial charge on any atom is -0.508 e. The summed E-state index contributed by atoms with van der Waals surface area (Å²) < 4.78 is 0. The maximum atomic E-state index is 9.86. The molecule has 2 aromatic carbocycles. The van der Waals surface area contributed by atoms with Gasteiger partial charge in [-0.3, -0.25) is 0 Å². The largest absolute Gasteiger partial charge is 0.508 e. The lowest BCUT2D eigenvalue weighted by molar-refractivity contribution is 0.343.